The number of hydrogen-bond acceptors (Lipinski definition) is 5. The van der Waals surface area contributed by atoms with Crippen molar-refractivity contribution >= 4 is 5.91 Å². The highest BCUT2D eigenvalue weighted by Gasteiger charge is 2.20. The molecule has 2 aromatic carbocycles. The van der Waals surface area contributed by atoms with E-state index in [9.17, 15) is 4.79 Å². The molecule has 0 spiro atoms. The van der Waals surface area contributed by atoms with Gasteiger partial charge in [-0.3, -0.25) is 4.79 Å². The number of amides is 1. The van der Waals surface area contributed by atoms with E-state index in [1.165, 1.54) is 0 Å². The minimum Gasteiger partial charge on any atom is -0.493 e. The number of piperidine rings is 1. The van der Waals surface area contributed by atoms with E-state index in [0.717, 1.165) is 44.6 Å². The summed E-state index contributed by atoms with van der Waals surface area (Å²) in [6.45, 7) is 5.02. The van der Waals surface area contributed by atoms with E-state index in [1.807, 2.05) is 30.3 Å². The highest BCUT2D eigenvalue weighted by Crippen LogP contribution is 2.29. The van der Waals surface area contributed by atoms with Gasteiger partial charge in [-0.25, -0.2) is 0 Å². The van der Waals surface area contributed by atoms with Crippen molar-refractivity contribution in [2.75, 3.05) is 47.0 Å². The second-order valence-corrected chi connectivity index (χ2v) is 7.63. The van der Waals surface area contributed by atoms with Gasteiger partial charge in [0, 0.05) is 25.8 Å². The van der Waals surface area contributed by atoms with Gasteiger partial charge in [0.15, 0.2) is 11.5 Å². The van der Waals surface area contributed by atoms with Crippen LogP contribution in [0.15, 0.2) is 48.5 Å². The first kappa shape index (κ1) is 22.1. The molecule has 162 valence electrons. The summed E-state index contributed by atoms with van der Waals surface area (Å²) >= 11 is 0. The molecule has 0 saturated carbocycles. The van der Waals surface area contributed by atoms with Crippen LogP contribution in [-0.4, -0.2) is 57.8 Å². The summed E-state index contributed by atoms with van der Waals surface area (Å²) < 4.78 is 16.5. The number of nitrogens with one attached hydrogen (secondary N) is 1. The zero-order valence-corrected chi connectivity index (χ0v) is 17.9. The molecule has 1 aliphatic rings. The second-order valence-electron chi connectivity index (χ2n) is 7.63. The van der Waals surface area contributed by atoms with E-state index in [1.54, 1.807) is 32.4 Å². The van der Waals surface area contributed by atoms with Crippen molar-refractivity contribution in [1.82, 2.24) is 10.2 Å². The summed E-state index contributed by atoms with van der Waals surface area (Å²) in [6.07, 6.45) is 2.19. The molecule has 3 rings (SSSR count). The van der Waals surface area contributed by atoms with Crippen molar-refractivity contribution in [2.24, 2.45) is 5.92 Å². The number of ether oxygens (including phenoxy) is 3. The van der Waals surface area contributed by atoms with Gasteiger partial charge in [0.1, 0.15) is 6.61 Å². The number of methoxy groups -OCH3 is 2. The number of hydrogen-bond donors (Lipinski definition) is 1. The van der Waals surface area contributed by atoms with Gasteiger partial charge in [0.2, 0.25) is 0 Å². The third-order valence-corrected chi connectivity index (χ3v) is 5.53. The van der Waals surface area contributed by atoms with Crippen LogP contribution >= 0.6 is 0 Å². The Bertz CT molecular complexity index is 789. The van der Waals surface area contributed by atoms with E-state index < -0.39 is 0 Å². The number of benzene rings is 2. The number of carbonyl (C=O) groups excluding carboxylic acids is 1. The molecule has 1 heterocycles. The highest BCUT2D eigenvalue weighted by atomic mass is 16.5. The summed E-state index contributed by atoms with van der Waals surface area (Å²) in [4.78, 5) is 15.0. The molecule has 0 unspecified atom stereocenters. The van der Waals surface area contributed by atoms with Crippen molar-refractivity contribution < 1.29 is 19.0 Å². The van der Waals surface area contributed by atoms with Crippen LogP contribution in [0.3, 0.4) is 0 Å². The third kappa shape index (κ3) is 6.47. The Balaban J connectivity index is 1.49. The maximum absolute atomic E-state index is 12.6. The lowest BCUT2D eigenvalue weighted by Crippen LogP contribution is -2.39. The van der Waals surface area contributed by atoms with E-state index in [2.05, 4.69) is 10.2 Å². The fourth-order valence-corrected chi connectivity index (χ4v) is 3.64. The zero-order chi connectivity index (χ0) is 21.2. The molecule has 0 aliphatic carbocycles. The molecule has 1 aliphatic heterocycles. The minimum absolute atomic E-state index is 0.0790. The Labute approximate surface area is 179 Å². The summed E-state index contributed by atoms with van der Waals surface area (Å²) in [6, 6.07) is 15.3. The number of nitrogens with zero attached hydrogens (tertiary/aromatic N) is 1. The van der Waals surface area contributed by atoms with E-state index >= 15 is 0 Å². The number of carbonyl (C=O) groups is 1. The quantitative estimate of drug-likeness (QED) is 0.648. The van der Waals surface area contributed by atoms with Crippen LogP contribution in [0.2, 0.25) is 0 Å². The van der Waals surface area contributed by atoms with Crippen molar-refractivity contribution in [3.63, 3.8) is 0 Å². The lowest BCUT2D eigenvalue weighted by molar-refractivity contribution is 0.0925. The van der Waals surface area contributed by atoms with Crippen LogP contribution in [0.25, 0.3) is 0 Å². The summed E-state index contributed by atoms with van der Waals surface area (Å²) in [5.41, 5.74) is 1.66. The van der Waals surface area contributed by atoms with Gasteiger partial charge in [-0.1, -0.05) is 30.3 Å². The predicted octanol–water partition coefficient (Wildman–Crippen LogP) is 3.36. The molecule has 30 heavy (non-hydrogen) atoms. The van der Waals surface area contributed by atoms with Crippen molar-refractivity contribution in [3.05, 3.63) is 59.7 Å². The first-order chi connectivity index (χ1) is 14.7. The largest absolute Gasteiger partial charge is 0.493 e. The van der Waals surface area contributed by atoms with Crippen LogP contribution in [-0.2, 0) is 11.3 Å². The average molecular weight is 413 g/mol. The Kier molecular flexibility index (Phi) is 8.53. The van der Waals surface area contributed by atoms with Gasteiger partial charge in [-0.05, 0) is 55.6 Å². The van der Waals surface area contributed by atoms with Crippen LogP contribution in [0.1, 0.15) is 28.8 Å². The molecule has 1 fully saturated rings. The van der Waals surface area contributed by atoms with E-state index in [-0.39, 0.29) is 5.91 Å². The SMILES string of the molecule is COCCN1CCC(CNC(=O)c2ccc(OCc3ccccc3)c(OC)c2)CC1. The minimum atomic E-state index is -0.0790. The van der Waals surface area contributed by atoms with Gasteiger partial charge in [0.25, 0.3) is 5.91 Å². The number of likely N-dealkylation sites (tertiary alicyclic amines) is 1. The van der Waals surface area contributed by atoms with Crippen LogP contribution in [0, 0.1) is 5.92 Å². The first-order valence-corrected chi connectivity index (χ1v) is 10.5. The van der Waals surface area contributed by atoms with Gasteiger partial charge in [-0.2, -0.15) is 0 Å². The molecule has 0 bridgehead atoms. The zero-order valence-electron chi connectivity index (χ0n) is 17.9. The van der Waals surface area contributed by atoms with E-state index in [4.69, 9.17) is 14.2 Å². The summed E-state index contributed by atoms with van der Waals surface area (Å²) in [5.74, 6) is 1.62. The fraction of sp³-hybridized carbons (Fsp3) is 0.458. The van der Waals surface area contributed by atoms with Gasteiger partial charge in [-0.15, -0.1) is 0 Å². The van der Waals surface area contributed by atoms with Crippen molar-refractivity contribution in [2.45, 2.75) is 19.4 Å². The topological polar surface area (TPSA) is 60.0 Å². The summed E-state index contributed by atoms with van der Waals surface area (Å²) in [7, 11) is 3.32. The Morgan fingerprint density at radius 3 is 2.53 bits per heavy atom. The fourth-order valence-electron chi connectivity index (χ4n) is 3.64. The lowest BCUT2D eigenvalue weighted by Gasteiger charge is -2.31. The monoisotopic (exact) mass is 412 g/mol. The smallest absolute Gasteiger partial charge is 0.251 e. The Morgan fingerprint density at radius 1 is 1.07 bits per heavy atom. The normalized spacial score (nSPS) is 15.0. The summed E-state index contributed by atoms with van der Waals surface area (Å²) in [5, 5.41) is 3.08. The lowest BCUT2D eigenvalue weighted by atomic mass is 9.96. The maximum Gasteiger partial charge on any atom is 0.251 e. The Morgan fingerprint density at radius 2 is 1.83 bits per heavy atom. The molecular formula is C24H32N2O4. The molecule has 0 atom stereocenters. The molecule has 6 nitrogen and oxygen atoms in total. The van der Waals surface area contributed by atoms with Crippen LogP contribution < -0.4 is 14.8 Å². The molecule has 1 saturated heterocycles. The van der Waals surface area contributed by atoms with E-state index in [0.29, 0.717) is 36.1 Å². The van der Waals surface area contributed by atoms with Crippen molar-refractivity contribution in [1.29, 1.82) is 0 Å². The average Bonchev–Trinajstić information content (AvgIpc) is 2.81. The molecule has 0 radical (unpaired) electrons. The number of rotatable bonds is 10. The molecule has 1 N–H and O–H groups in total. The molecule has 0 aromatic heterocycles. The third-order valence-electron chi connectivity index (χ3n) is 5.53. The van der Waals surface area contributed by atoms with Gasteiger partial charge in [0.05, 0.1) is 13.7 Å². The molecule has 6 heteroatoms. The molecule has 1 amide bonds. The second kappa shape index (κ2) is 11.6. The molecular weight excluding hydrogens is 380 g/mol. The Hall–Kier alpha value is -2.57. The first-order valence-electron chi connectivity index (χ1n) is 10.5. The van der Waals surface area contributed by atoms with Crippen molar-refractivity contribution in [3.8, 4) is 11.5 Å². The standard InChI is InChI=1S/C24H32N2O4/c1-28-15-14-26-12-10-19(11-13-26)17-25-24(27)21-8-9-22(23(16-21)29-2)30-18-20-6-4-3-5-7-20/h3-9,16,19H,10-15,17-18H2,1-2H3,(H,25,27). The van der Waals surface area contributed by atoms with Gasteiger partial charge < -0.3 is 24.4 Å². The predicted molar refractivity (Wildman–Crippen MR) is 117 cm³/mol. The van der Waals surface area contributed by atoms with Crippen LogP contribution in [0.4, 0.5) is 0 Å². The van der Waals surface area contributed by atoms with Crippen LogP contribution in [0.5, 0.6) is 11.5 Å². The molecule has 2 aromatic rings. The van der Waals surface area contributed by atoms with Gasteiger partial charge >= 0.3 is 0 Å². The maximum atomic E-state index is 12.6. The highest BCUT2D eigenvalue weighted by molar-refractivity contribution is 5.94.